The van der Waals surface area contributed by atoms with Crippen LogP contribution in [0.1, 0.15) is 31.5 Å². The second-order valence-electron chi connectivity index (χ2n) is 16.2. The number of aryl methyl sites for hydroxylation is 1. The van der Waals surface area contributed by atoms with Crippen molar-refractivity contribution in [1.82, 2.24) is 18.3 Å². The van der Waals surface area contributed by atoms with E-state index in [1.54, 1.807) is 0 Å². The molecule has 0 fully saturated rings. The van der Waals surface area contributed by atoms with Gasteiger partial charge in [-0.2, -0.15) is 0 Å². The predicted molar refractivity (Wildman–Crippen MR) is 252 cm³/mol. The summed E-state index contributed by atoms with van der Waals surface area (Å²) in [5.74, 6) is 0.444. The van der Waals surface area contributed by atoms with Crippen LogP contribution < -0.4 is 0 Å². The van der Waals surface area contributed by atoms with E-state index in [2.05, 4.69) is 221 Å². The van der Waals surface area contributed by atoms with Gasteiger partial charge < -0.3 is 18.3 Å². The normalized spacial score (nSPS) is 14.8. The Hall–Kier alpha value is -7.30. The summed E-state index contributed by atoms with van der Waals surface area (Å²) in [4.78, 5) is 0. The zero-order valence-electron chi connectivity index (χ0n) is 33.4. The highest BCUT2D eigenvalue weighted by atomic mass is 15.1. The lowest BCUT2D eigenvalue weighted by molar-refractivity contribution is 0.735. The van der Waals surface area contributed by atoms with E-state index in [4.69, 9.17) is 0 Å². The molecule has 0 radical (unpaired) electrons. The molecule has 0 N–H and O–H groups in total. The molecule has 4 aromatic heterocycles. The zero-order chi connectivity index (χ0) is 39.4. The molecule has 282 valence electrons. The maximum absolute atomic E-state index is 2.56. The van der Waals surface area contributed by atoms with E-state index in [-0.39, 0.29) is 0 Å². The van der Waals surface area contributed by atoms with Crippen molar-refractivity contribution in [2.45, 2.75) is 27.2 Å². The van der Waals surface area contributed by atoms with E-state index in [9.17, 15) is 0 Å². The van der Waals surface area contributed by atoms with Crippen molar-refractivity contribution in [2.75, 3.05) is 0 Å². The molecular formula is C55H42N4. The number of hydrogen-bond donors (Lipinski definition) is 0. The molecule has 12 rings (SSSR count). The second kappa shape index (κ2) is 12.9. The molecular weight excluding hydrogens is 717 g/mol. The average Bonchev–Trinajstić information content (AvgIpc) is 3.99. The van der Waals surface area contributed by atoms with Gasteiger partial charge in [0.2, 0.25) is 0 Å². The monoisotopic (exact) mass is 758 g/mol. The van der Waals surface area contributed by atoms with E-state index in [0.717, 1.165) is 23.5 Å². The van der Waals surface area contributed by atoms with Crippen molar-refractivity contribution in [3.05, 3.63) is 187 Å². The number of rotatable bonds is 5. The summed E-state index contributed by atoms with van der Waals surface area (Å²) >= 11 is 0. The topological polar surface area (TPSA) is 19.7 Å². The Bertz CT molecular complexity index is 3610. The van der Waals surface area contributed by atoms with E-state index in [1.807, 2.05) is 0 Å². The van der Waals surface area contributed by atoms with Crippen molar-refractivity contribution < 1.29 is 0 Å². The highest BCUT2D eigenvalue weighted by Crippen LogP contribution is 2.50. The first-order valence-electron chi connectivity index (χ1n) is 20.8. The highest BCUT2D eigenvalue weighted by molar-refractivity contribution is 6.41. The van der Waals surface area contributed by atoms with Crippen molar-refractivity contribution in [3.8, 4) is 17.1 Å². The summed E-state index contributed by atoms with van der Waals surface area (Å²) < 4.78 is 10.1. The number of hydrogen-bond acceptors (Lipinski definition) is 0. The Morgan fingerprint density at radius 1 is 0.492 bits per heavy atom. The number of allylic oxidation sites excluding steroid dienone is 5. The van der Waals surface area contributed by atoms with Gasteiger partial charge in [0.15, 0.2) is 0 Å². The van der Waals surface area contributed by atoms with Crippen LogP contribution in [0.2, 0.25) is 0 Å². The first-order chi connectivity index (χ1) is 29.1. The number of benzene rings is 7. The van der Waals surface area contributed by atoms with Gasteiger partial charge in [-0.05, 0) is 98.5 Å². The molecule has 0 bridgehead atoms. The Kier molecular flexibility index (Phi) is 7.37. The molecule has 59 heavy (non-hydrogen) atoms. The smallest absolute Gasteiger partial charge is 0.0810 e. The van der Waals surface area contributed by atoms with E-state index < -0.39 is 0 Å². The fraction of sp³-hybridized carbons (Fsp3) is 0.0909. The number of nitrogens with zero attached hydrogens (tertiary/aromatic N) is 4. The van der Waals surface area contributed by atoms with Crippen LogP contribution >= 0.6 is 0 Å². The quantitative estimate of drug-likeness (QED) is 0.167. The summed E-state index contributed by atoms with van der Waals surface area (Å²) in [6.45, 7) is 6.67. The molecule has 0 saturated carbocycles. The van der Waals surface area contributed by atoms with Gasteiger partial charge >= 0.3 is 0 Å². The molecule has 7 aromatic carbocycles. The second-order valence-corrected chi connectivity index (χ2v) is 16.2. The van der Waals surface area contributed by atoms with Crippen molar-refractivity contribution in [1.29, 1.82) is 0 Å². The van der Waals surface area contributed by atoms with Gasteiger partial charge in [0, 0.05) is 66.2 Å². The summed E-state index contributed by atoms with van der Waals surface area (Å²) in [5.41, 5.74) is 15.6. The first-order valence-corrected chi connectivity index (χ1v) is 20.8. The van der Waals surface area contributed by atoms with E-state index >= 15 is 0 Å². The Morgan fingerprint density at radius 3 is 1.63 bits per heavy atom. The first kappa shape index (κ1) is 33.8. The van der Waals surface area contributed by atoms with Crippen LogP contribution in [0.3, 0.4) is 0 Å². The number of aromatic nitrogens is 4. The predicted octanol–water partition coefficient (Wildman–Crippen LogP) is 14.7. The van der Waals surface area contributed by atoms with Gasteiger partial charge in [-0.3, -0.25) is 0 Å². The highest BCUT2D eigenvalue weighted by Gasteiger charge is 2.29. The van der Waals surface area contributed by atoms with Crippen LogP contribution in [0, 0.1) is 12.8 Å². The van der Waals surface area contributed by atoms with Crippen LogP contribution in [0.4, 0.5) is 0 Å². The van der Waals surface area contributed by atoms with E-state index in [0.29, 0.717) is 5.92 Å². The third kappa shape index (κ3) is 4.71. The van der Waals surface area contributed by atoms with Crippen molar-refractivity contribution >= 4 is 88.1 Å². The molecule has 1 aliphatic rings. The molecule has 0 saturated heterocycles. The maximum Gasteiger partial charge on any atom is 0.0810 e. The Labute approximate surface area is 342 Å². The van der Waals surface area contributed by atoms with Gasteiger partial charge in [-0.1, -0.05) is 122 Å². The molecule has 11 aromatic rings. The minimum atomic E-state index is 0.444. The molecule has 1 atom stereocenters. The van der Waals surface area contributed by atoms with Gasteiger partial charge in [0.25, 0.3) is 0 Å². The lowest BCUT2D eigenvalue weighted by atomic mass is 10.00. The minimum Gasteiger partial charge on any atom is -0.310 e. The fourth-order valence-electron chi connectivity index (χ4n) is 10.3. The van der Waals surface area contributed by atoms with Crippen LogP contribution in [-0.4, -0.2) is 18.3 Å². The maximum atomic E-state index is 2.56. The summed E-state index contributed by atoms with van der Waals surface area (Å²) in [5, 5.41) is 8.85. The standard InChI is InChI=1S/C55H42N4/c1-4-18-45-36(3)41-25-8-12-29-46(41)56(45)39-23-17-24-40(34-39)59-48-31-14-10-27-43(48)51-50-42-26-9-13-30-47(42)58(38-22-16-19-35(2)33-38)53(50)52-44-28-11-15-32-49(44)57(55(52)54(51)59)37-20-6-5-7-21-37/h4-18,20-35H,19H2,1-3H3/b18-4-. The van der Waals surface area contributed by atoms with Gasteiger partial charge in [-0.15, -0.1) is 0 Å². The molecule has 4 nitrogen and oxygen atoms in total. The lowest BCUT2D eigenvalue weighted by Gasteiger charge is -2.17. The largest absolute Gasteiger partial charge is 0.310 e. The molecule has 1 aliphatic carbocycles. The van der Waals surface area contributed by atoms with E-state index in [1.165, 1.54) is 93.3 Å². The Morgan fingerprint density at radius 2 is 0.983 bits per heavy atom. The zero-order valence-corrected chi connectivity index (χ0v) is 33.4. The lowest BCUT2D eigenvalue weighted by Crippen LogP contribution is -2.03. The van der Waals surface area contributed by atoms with Gasteiger partial charge in [0.05, 0.1) is 38.6 Å². The SMILES string of the molecule is C/C=C\c1c(C)c2ccccc2n1-c1cccc(-n2c3ccccc3c3c4c5ccccc5n(C5=CC(C)CC=C5)c4c4c5ccccc5n(-c5ccccc5)c4c32)c1. The Balaban J connectivity index is 1.33. The summed E-state index contributed by atoms with van der Waals surface area (Å²) in [6.07, 6.45) is 12.6. The van der Waals surface area contributed by atoms with Gasteiger partial charge in [-0.25, -0.2) is 0 Å². The van der Waals surface area contributed by atoms with Gasteiger partial charge in [0.1, 0.15) is 0 Å². The summed E-state index contributed by atoms with van der Waals surface area (Å²) in [6, 6.07) is 56.0. The van der Waals surface area contributed by atoms with Crippen LogP contribution in [0.15, 0.2) is 176 Å². The van der Waals surface area contributed by atoms with Crippen LogP contribution in [-0.2, 0) is 0 Å². The average molecular weight is 759 g/mol. The third-order valence-corrected chi connectivity index (χ3v) is 12.7. The van der Waals surface area contributed by atoms with Crippen LogP contribution in [0.25, 0.3) is 105 Å². The number of fused-ring (bicyclic) bond motifs is 13. The third-order valence-electron chi connectivity index (χ3n) is 12.7. The van der Waals surface area contributed by atoms with Crippen molar-refractivity contribution in [3.63, 3.8) is 0 Å². The fourth-order valence-corrected chi connectivity index (χ4v) is 10.3. The molecule has 0 aliphatic heterocycles. The molecule has 4 heterocycles. The molecule has 0 spiro atoms. The van der Waals surface area contributed by atoms with Crippen LogP contribution in [0.5, 0.6) is 0 Å². The molecule has 1 unspecified atom stereocenters. The molecule has 0 amide bonds. The number of para-hydroxylation sites is 5. The minimum absolute atomic E-state index is 0.444. The summed E-state index contributed by atoms with van der Waals surface area (Å²) in [7, 11) is 0. The molecule has 4 heteroatoms. The van der Waals surface area contributed by atoms with Crippen molar-refractivity contribution in [2.24, 2.45) is 5.92 Å².